The quantitative estimate of drug-likeness (QED) is 0.588. The minimum atomic E-state index is -1.08. The lowest BCUT2D eigenvalue weighted by Crippen LogP contribution is -1.88. The molecular formula is C8H5ClFNO2. The van der Waals surface area contributed by atoms with E-state index in [1.807, 2.05) is 0 Å². The molecule has 1 aromatic rings. The van der Waals surface area contributed by atoms with Crippen LogP contribution in [0.25, 0.3) is 6.08 Å². The number of aromatic nitrogens is 1. The summed E-state index contributed by atoms with van der Waals surface area (Å²) in [6.07, 6.45) is 3.40. The van der Waals surface area contributed by atoms with E-state index in [9.17, 15) is 9.18 Å². The molecule has 0 bridgehead atoms. The van der Waals surface area contributed by atoms with Gasteiger partial charge >= 0.3 is 5.97 Å². The lowest BCUT2D eigenvalue weighted by atomic mass is 10.2. The van der Waals surface area contributed by atoms with Gasteiger partial charge in [-0.25, -0.2) is 9.78 Å². The molecule has 0 aromatic carbocycles. The Kier molecular flexibility index (Phi) is 2.97. The molecule has 3 nitrogen and oxygen atoms in total. The molecule has 68 valence electrons. The van der Waals surface area contributed by atoms with Crippen LogP contribution >= 0.6 is 11.6 Å². The van der Waals surface area contributed by atoms with Gasteiger partial charge in [0.15, 0.2) is 0 Å². The summed E-state index contributed by atoms with van der Waals surface area (Å²) in [5.74, 6) is -1.85. The Morgan fingerprint density at radius 2 is 2.38 bits per heavy atom. The van der Waals surface area contributed by atoms with Crippen molar-refractivity contribution in [3.8, 4) is 0 Å². The molecular weight excluding hydrogens is 197 g/mol. The summed E-state index contributed by atoms with van der Waals surface area (Å²) < 4.78 is 12.5. The molecule has 13 heavy (non-hydrogen) atoms. The zero-order valence-electron chi connectivity index (χ0n) is 6.37. The van der Waals surface area contributed by atoms with Crippen molar-refractivity contribution in [2.45, 2.75) is 0 Å². The van der Waals surface area contributed by atoms with Gasteiger partial charge in [-0.05, 0) is 17.7 Å². The highest BCUT2D eigenvalue weighted by atomic mass is 35.5. The maximum atomic E-state index is 12.5. The molecule has 1 rings (SSSR count). The minimum Gasteiger partial charge on any atom is -0.478 e. The lowest BCUT2D eigenvalue weighted by molar-refractivity contribution is -0.131. The summed E-state index contributed by atoms with van der Waals surface area (Å²) >= 11 is 5.41. The van der Waals surface area contributed by atoms with Gasteiger partial charge in [-0.2, -0.15) is 4.39 Å². The molecule has 0 amide bonds. The second kappa shape index (κ2) is 4.00. The Hall–Kier alpha value is -1.42. The normalized spacial score (nSPS) is 10.6. The number of hydrogen-bond donors (Lipinski definition) is 1. The number of rotatable bonds is 2. The Morgan fingerprint density at radius 1 is 1.69 bits per heavy atom. The summed E-state index contributed by atoms with van der Waals surface area (Å²) in [4.78, 5) is 13.4. The van der Waals surface area contributed by atoms with E-state index in [0.29, 0.717) is 5.56 Å². The van der Waals surface area contributed by atoms with Gasteiger partial charge in [0.25, 0.3) is 0 Å². The standard InChI is InChI=1S/C8H5ClFNO2/c9-6-3-5(1-2-7(12)13)4-11-8(6)10/h1-4H,(H,12,13). The summed E-state index contributed by atoms with van der Waals surface area (Å²) in [6, 6.07) is 1.29. The van der Waals surface area contributed by atoms with Crippen molar-refractivity contribution in [3.05, 3.63) is 34.9 Å². The van der Waals surface area contributed by atoms with Crippen molar-refractivity contribution < 1.29 is 14.3 Å². The Balaban J connectivity index is 2.92. The van der Waals surface area contributed by atoms with E-state index in [1.165, 1.54) is 18.3 Å². The second-order valence-corrected chi connectivity index (χ2v) is 2.62. The predicted octanol–water partition coefficient (Wildman–Crippen LogP) is 1.97. The van der Waals surface area contributed by atoms with E-state index in [2.05, 4.69) is 4.98 Å². The SMILES string of the molecule is O=C(O)C=Cc1cnc(F)c(Cl)c1. The van der Waals surface area contributed by atoms with Gasteiger partial charge in [0, 0.05) is 12.3 Å². The van der Waals surface area contributed by atoms with E-state index in [1.54, 1.807) is 0 Å². The monoisotopic (exact) mass is 201 g/mol. The maximum Gasteiger partial charge on any atom is 0.328 e. The van der Waals surface area contributed by atoms with E-state index in [-0.39, 0.29) is 5.02 Å². The third-order valence-corrected chi connectivity index (χ3v) is 1.50. The molecule has 0 aliphatic heterocycles. The van der Waals surface area contributed by atoms with E-state index < -0.39 is 11.9 Å². The van der Waals surface area contributed by atoms with E-state index >= 15 is 0 Å². The second-order valence-electron chi connectivity index (χ2n) is 2.21. The van der Waals surface area contributed by atoms with Crippen LogP contribution in [-0.4, -0.2) is 16.1 Å². The first-order chi connectivity index (χ1) is 6.09. The van der Waals surface area contributed by atoms with Gasteiger partial charge in [0.05, 0.1) is 5.02 Å². The number of pyridine rings is 1. The molecule has 0 radical (unpaired) electrons. The summed E-state index contributed by atoms with van der Waals surface area (Å²) in [5, 5.41) is 8.15. The van der Waals surface area contributed by atoms with Crippen molar-refractivity contribution in [1.29, 1.82) is 0 Å². The van der Waals surface area contributed by atoms with Crippen molar-refractivity contribution in [2.24, 2.45) is 0 Å². The summed E-state index contributed by atoms with van der Waals surface area (Å²) in [6.45, 7) is 0. The van der Waals surface area contributed by atoms with Crippen LogP contribution < -0.4 is 0 Å². The molecule has 1 aromatic heterocycles. The van der Waals surface area contributed by atoms with Crippen molar-refractivity contribution in [1.82, 2.24) is 4.98 Å². The first-order valence-corrected chi connectivity index (χ1v) is 3.69. The third kappa shape index (κ3) is 2.83. The smallest absolute Gasteiger partial charge is 0.328 e. The zero-order chi connectivity index (χ0) is 9.84. The molecule has 1 N–H and O–H groups in total. The molecule has 0 atom stereocenters. The fourth-order valence-corrected chi connectivity index (χ4v) is 0.869. The average Bonchev–Trinajstić information content (AvgIpc) is 2.07. The van der Waals surface area contributed by atoms with Gasteiger partial charge in [-0.3, -0.25) is 0 Å². The van der Waals surface area contributed by atoms with Crippen molar-refractivity contribution in [2.75, 3.05) is 0 Å². The summed E-state index contributed by atoms with van der Waals surface area (Å²) in [5.41, 5.74) is 0.439. The Morgan fingerprint density at radius 3 is 2.92 bits per heavy atom. The van der Waals surface area contributed by atoms with Crippen molar-refractivity contribution >= 4 is 23.6 Å². The number of carboxylic acids is 1. The Labute approximate surface area is 78.5 Å². The van der Waals surface area contributed by atoms with Crippen LogP contribution in [0.3, 0.4) is 0 Å². The fraction of sp³-hybridized carbons (Fsp3) is 0. The van der Waals surface area contributed by atoms with Crippen LogP contribution in [0.15, 0.2) is 18.3 Å². The topological polar surface area (TPSA) is 50.2 Å². The third-order valence-electron chi connectivity index (χ3n) is 1.24. The molecule has 0 fully saturated rings. The molecule has 0 spiro atoms. The highest BCUT2D eigenvalue weighted by molar-refractivity contribution is 6.30. The molecule has 0 unspecified atom stereocenters. The number of nitrogens with zero attached hydrogens (tertiary/aromatic N) is 1. The molecule has 0 saturated carbocycles. The van der Waals surface area contributed by atoms with Gasteiger partial charge in [0.1, 0.15) is 0 Å². The number of halogens is 2. The number of aliphatic carboxylic acids is 1. The highest BCUT2D eigenvalue weighted by Crippen LogP contribution is 2.14. The van der Waals surface area contributed by atoms with Crippen molar-refractivity contribution in [3.63, 3.8) is 0 Å². The lowest BCUT2D eigenvalue weighted by Gasteiger charge is -1.94. The van der Waals surface area contributed by atoms with Crippen LogP contribution in [0.5, 0.6) is 0 Å². The van der Waals surface area contributed by atoms with Gasteiger partial charge in [-0.1, -0.05) is 11.6 Å². The number of hydrogen-bond acceptors (Lipinski definition) is 2. The zero-order valence-corrected chi connectivity index (χ0v) is 7.12. The minimum absolute atomic E-state index is 0.132. The first-order valence-electron chi connectivity index (χ1n) is 3.31. The van der Waals surface area contributed by atoms with Crippen LogP contribution in [0.1, 0.15) is 5.56 Å². The molecule has 0 saturated heterocycles. The average molecular weight is 202 g/mol. The largest absolute Gasteiger partial charge is 0.478 e. The predicted molar refractivity (Wildman–Crippen MR) is 45.9 cm³/mol. The van der Waals surface area contributed by atoms with Gasteiger partial charge < -0.3 is 5.11 Å². The maximum absolute atomic E-state index is 12.5. The van der Waals surface area contributed by atoms with Crippen LogP contribution in [0.2, 0.25) is 5.02 Å². The number of carboxylic acid groups (broad SMARTS) is 1. The number of carbonyl (C=O) groups is 1. The fourth-order valence-electron chi connectivity index (χ4n) is 0.695. The van der Waals surface area contributed by atoms with Crippen LogP contribution in [0, 0.1) is 5.95 Å². The van der Waals surface area contributed by atoms with Crippen LogP contribution in [-0.2, 0) is 4.79 Å². The molecule has 0 aliphatic carbocycles. The van der Waals surface area contributed by atoms with Crippen LogP contribution in [0.4, 0.5) is 4.39 Å². The van der Waals surface area contributed by atoms with Gasteiger partial charge in [0.2, 0.25) is 5.95 Å². The van der Waals surface area contributed by atoms with E-state index in [0.717, 1.165) is 6.08 Å². The summed E-state index contributed by atoms with van der Waals surface area (Å²) in [7, 11) is 0. The highest BCUT2D eigenvalue weighted by Gasteiger charge is 1.99. The first kappa shape index (κ1) is 9.67. The van der Waals surface area contributed by atoms with Gasteiger partial charge in [-0.15, -0.1) is 0 Å². The Bertz CT molecular complexity index is 365. The molecule has 0 aliphatic rings. The molecule has 1 heterocycles. The van der Waals surface area contributed by atoms with E-state index in [4.69, 9.17) is 16.7 Å². The molecule has 5 heteroatoms.